The third kappa shape index (κ3) is 5.24. The van der Waals surface area contributed by atoms with E-state index in [1.165, 1.54) is 30.1 Å². The lowest BCUT2D eigenvalue weighted by atomic mass is 9.83. The smallest absolute Gasteiger partial charge is 0.374 e. The van der Waals surface area contributed by atoms with Gasteiger partial charge in [0.2, 0.25) is 0 Å². The van der Waals surface area contributed by atoms with Crippen molar-refractivity contribution in [1.82, 2.24) is 25.0 Å². The summed E-state index contributed by atoms with van der Waals surface area (Å²) in [6.45, 7) is 1.73. The predicted molar refractivity (Wildman–Crippen MR) is 138 cm³/mol. The standard InChI is InChI=1S/C28H20ClF6N5O/c1-15-20(11-16-3-5-17(6-4-16)27(30,31)32)25(29)21-12-18(7-9-22(21)38-15)26(41,24-14-37-39-40(24)2)19-8-10-23(36-13-19)28(33,34)35/h3-10,12-14,41H,11H2,1-2H3. The van der Waals surface area contributed by atoms with Crippen LogP contribution < -0.4 is 0 Å². The summed E-state index contributed by atoms with van der Waals surface area (Å²) in [4.78, 5) is 8.10. The molecule has 0 bridgehead atoms. The first-order valence-electron chi connectivity index (χ1n) is 12.1. The fourth-order valence-electron chi connectivity index (χ4n) is 4.68. The fraction of sp³-hybridized carbons (Fsp3) is 0.214. The molecule has 3 aromatic heterocycles. The molecule has 1 atom stereocenters. The minimum atomic E-state index is -4.67. The molecule has 6 nitrogen and oxygen atoms in total. The first kappa shape index (κ1) is 28.5. The Kier molecular flexibility index (Phi) is 7.03. The molecule has 0 saturated carbocycles. The minimum absolute atomic E-state index is 0.0245. The number of aromatic nitrogens is 5. The molecule has 0 spiro atoms. The third-order valence-corrected chi connectivity index (χ3v) is 7.29. The minimum Gasteiger partial charge on any atom is -0.374 e. The summed E-state index contributed by atoms with van der Waals surface area (Å²) in [7, 11) is 1.52. The quantitative estimate of drug-likeness (QED) is 0.232. The molecule has 3 heterocycles. The van der Waals surface area contributed by atoms with Crippen molar-refractivity contribution in [2.45, 2.75) is 31.3 Å². The zero-order valence-electron chi connectivity index (χ0n) is 21.4. The van der Waals surface area contributed by atoms with Crippen molar-refractivity contribution in [2.24, 2.45) is 7.05 Å². The number of halogens is 7. The molecule has 0 aliphatic rings. The molecular weight excluding hydrogens is 572 g/mol. The molecule has 0 radical (unpaired) electrons. The average Bonchev–Trinajstić information content (AvgIpc) is 3.36. The van der Waals surface area contributed by atoms with Crippen LogP contribution in [0.25, 0.3) is 10.9 Å². The Morgan fingerprint density at radius 3 is 2.07 bits per heavy atom. The van der Waals surface area contributed by atoms with Crippen LogP contribution in [0.5, 0.6) is 0 Å². The Morgan fingerprint density at radius 2 is 1.51 bits per heavy atom. The van der Waals surface area contributed by atoms with Crippen LogP contribution in [0, 0.1) is 6.92 Å². The van der Waals surface area contributed by atoms with Crippen LogP contribution in [0.2, 0.25) is 5.02 Å². The van der Waals surface area contributed by atoms with Crippen molar-refractivity contribution in [3.05, 3.63) is 117 Å². The fourth-order valence-corrected chi connectivity index (χ4v) is 5.04. The summed E-state index contributed by atoms with van der Waals surface area (Å²) in [5, 5.41) is 20.5. The Bertz CT molecular complexity index is 1730. The second-order valence-corrected chi connectivity index (χ2v) is 9.85. The first-order valence-corrected chi connectivity index (χ1v) is 12.4. The molecule has 5 rings (SSSR count). The zero-order valence-corrected chi connectivity index (χ0v) is 22.1. The number of benzene rings is 2. The third-order valence-electron chi connectivity index (χ3n) is 6.86. The second kappa shape index (κ2) is 10.1. The number of alkyl halides is 6. The van der Waals surface area contributed by atoms with E-state index in [1.54, 1.807) is 25.1 Å². The van der Waals surface area contributed by atoms with Gasteiger partial charge in [0.1, 0.15) is 5.69 Å². The van der Waals surface area contributed by atoms with Gasteiger partial charge in [-0.2, -0.15) is 26.3 Å². The van der Waals surface area contributed by atoms with Crippen molar-refractivity contribution >= 4 is 22.5 Å². The average molecular weight is 592 g/mol. The van der Waals surface area contributed by atoms with Gasteiger partial charge in [-0.05, 0) is 53.9 Å². The summed E-state index contributed by atoms with van der Waals surface area (Å²) in [5.41, 5.74) is -1.34. The van der Waals surface area contributed by atoms with Crippen LogP contribution in [0.3, 0.4) is 0 Å². The van der Waals surface area contributed by atoms with Crippen LogP contribution in [0.1, 0.15) is 44.9 Å². The van der Waals surface area contributed by atoms with E-state index in [-0.39, 0.29) is 28.3 Å². The van der Waals surface area contributed by atoms with Crippen molar-refractivity contribution in [3.8, 4) is 0 Å². The van der Waals surface area contributed by atoms with E-state index in [4.69, 9.17) is 11.6 Å². The van der Waals surface area contributed by atoms with Crippen LogP contribution in [-0.4, -0.2) is 30.1 Å². The maximum Gasteiger partial charge on any atom is 0.433 e. The van der Waals surface area contributed by atoms with Gasteiger partial charge in [-0.15, -0.1) is 5.10 Å². The lowest BCUT2D eigenvalue weighted by Crippen LogP contribution is -2.32. The molecule has 0 fully saturated rings. The van der Waals surface area contributed by atoms with Crippen LogP contribution in [-0.2, 0) is 31.4 Å². The highest BCUT2D eigenvalue weighted by Gasteiger charge is 2.39. The molecule has 2 aromatic carbocycles. The van der Waals surface area contributed by atoms with Gasteiger partial charge in [0.25, 0.3) is 0 Å². The maximum atomic E-state index is 13.2. The van der Waals surface area contributed by atoms with E-state index in [0.29, 0.717) is 27.7 Å². The van der Waals surface area contributed by atoms with Crippen molar-refractivity contribution in [3.63, 3.8) is 0 Å². The molecule has 0 saturated heterocycles. The monoisotopic (exact) mass is 591 g/mol. The highest BCUT2D eigenvalue weighted by atomic mass is 35.5. The maximum absolute atomic E-state index is 13.2. The van der Waals surface area contributed by atoms with Gasteiger partial charge in [0.05, 0.1) is 28.0 Å². The molecule has 212 valence electrons. The van der Waals surface area contributed by atoms with E-state index < -0.39 is 29.2 Å². The number of fused-ring (bicyclic) bond motifs is 1. The van der Waals surface area contributed by atoms with Crippen LogP contribution in [0.4, 0.5) is 26.3 Å². The Hall–Kier alpha value is -4.03. The Morgan fingerprint density at radius 1 is 0.854 bits per heavy atom. The lowest BCUT2D eigenvalue weighted by Gasteiger charge is -2.29. The SMILES string of the molecule is Cc1nc2ccc(C(O)(c3ccc(C(F)(F)F)nc3)c3cnnn3C)cc2c(Cl)c1Cc1ccc(C(F)(F)F)cc1. The van der Waals surface area contributed by atoms with Gasteiger partial charge in [-0.25, -0.2) is 4.68 Å². The summed E-state index contributed by atoms with van der Waals surface area (Å²) >= 11 is 6.83. The molecule has 0 aliphatic carbocycles. The summed E-state index contributed by atoms with van der Waals surface area (Å²) in [6.07, 6.45) is -6.73. The number of pyridine rings is 2. The van der Waals surface area contributed by atoms with Crippen molar-refractivity contribution in [1.29, 1.82) is 0 Å². The summed E-state index contributed by atoms with van der Waals surface area (Å²) in [5.74, 6) is 0. The van der Waals surface area contributed by atoms with E-state index >= 15 is 0 Å². The predicted octanol–water partition coefficient (Wildman–Crippen LogP) is 6.63. The van der Waals surface area contributed by atoms with Crippen LogP contribution in [0.15, 0.2) is 67.0 Å². The summed E-state index contributed by atoms with van der Waals surface area (Å²) in [6, 6.07) is 11.3. The number of aliphatic hydroxyl groups is 1. The molecule has 5 aromatic rings. The number of rotatable bonds is 5. The first-order chi connectivity index (χ1) is 19.2. The second-order valence-electron chi connectivity index (χ2n) is 9.48. The van der Waals surface area contributed by atoms with E-state index in [1.807, 2.05) is 0 Å². The Labute approximate surface area is 234 Å². The Balaban J connectivity index is 1.63. The van der Waals surface area contributed by atoms with E-state index in [0.717, 1.165) is 30.5 Å². The number of hydrogen-bond donors (Lipinski definition) is 1. The van der Waals surface area contributed by atoms with Gasteiger partial charge in [-0.3, -0.25) is 9.97 Å². The van der Waals surface area contributed by atoms with Gasteiger partial charge >= 0.3 is 12.4 Å². The van der Waals surface area contributed by atoms with Crippen molar-refractivity contribution in [2.75, 3.05) is 0 Å². The lowest BCUT2D eigenvalue weighted by molar-refractivity contribution is -0.141. The molecule has 0 amide bonds. The molecule has 41 heavy (non-hydrogen) atoms. The topological polar surface area (TPSA) is 76.7 Å². The molecule has 1 unspecified atom stereocenters. The van der Waals surface area contributed by atoms with Gasteiger partial charge in [0, 0.05) is 36.3 Å². The van der Waals surface area contributed by atoms with Gasteiger partial charge in [-0.1, -0.05) is 41.1 Å². The normalized spacial score (nSPS) is 13.9. The molecule has 0 aliphatic heterocycles. The van der Waals surface area contributed by atoms with Gasteiger partial charge in [0.15, 0.2) is 5.60 Å². The number of aryl methyl sites for hydroxylation is 2. The number of hydrogen-bond acceptors (Lipinski definition) is 5. The summed E-state index contributed by atoms with van der Waals surface area (Å²) < 4.78 is 79.8. The van der Waals surface area contributed by atoms with E-state index in [9.17, 15) is 31.4 Å². The van der Waals surface area contributed by atoms with E-state index in [2.05, 4.69) is 20.3 Å². The van der Waals surface area contributed by atoms with Crippen molar-refractivity contribution < 1.29 is 31.4 Å². The van der Waals surface area contributed by atoms with Gasteiger partial charge < -0.3 is 5.11 Å². The molecule has 1 N–H and O–H groups in total. The number of nitrogens with zero attached hydrogens (tertiary/aromatic N) is 5. The zero-order chi connectivity index (χ0) is 29.7. The molecular formula is C28H20ClF6N5O. The highest BCUT2D eigenvalue weighted by molar-refractivity contribution is 6.36. The van der Waals surface area contributed by atoms with Crippen LogP contribution >= 0.6 is 11.6 Å². The largest absolute Gasteiger partial charge is 0.433 e. The highest BCUT2D eigenvalue weighted by Crippen LogP contribution is 2.40. The molecule has 13 heteroatoms.